The number of halogens is 2. The third-order valence-corrected chi connectivity index (χ3v) is 6.25. The third kappa shape index (κ3) is 5.38. The molecule has 2 aromatic rings. The number of rotatable bonds is 5. The van der Waals surface area contributed by atoms with Gasteiger partial charge in [-0.2, -0.15) is 0 Å². The van der Waals surface area contributed by atoms with Gasteiger partial charge in [0.05, 0.1) is 26.3 Å². The van der Waals surface area contributed by atoms with Crippen molar-refractivity contribution in [2.75, 3.05) is 33.5 Å². The Kier molecular flexibility index (Phi) is 8.30. The first-order valence-corrected chi connectivity index (χ1v) is 10.7. The normalized spacial score (nSPS) is 20.1. The van der Waals surface area contributed by atoms with Crippen LogP contribution in [-0.2, 0) is 10.2 Å². The van der Waals surface area contributed by atoms with Crippen LogP contribution >= 0.6 is 35.6 Å². The van der Waals surface area contributed by atoms with Crippen LogP contribution < -0.4 is 20.5 Å². The molecule has 1 unspecified atom stereocenters. The highest BCUT2D eigenvalue weighted by Crippen LogP contribution is 2.41. The Morgan fingerprint density at radius 2 is 2.00 bits per heavy atom. The van der Waals surface area contributed by atoms with Crippen molar-refractivity contribution >= 4 is 41.5 Å². The third-order valence-electron chi connectivity index (χ3n) is 6.02. The van der Waals surface area contributed by atoms with Gasteiger partial charge in [0.1, 0.15) is 11.5 Å². The smallest absolute Gasteiger partial charge is 0.189 e. The number of ether oxygens (including phenoxy) is 3. The maximum atomic E-state index is 6.33. The summed E-state index contributed by atoms with van der Waals surface area (Å²) >= 11 is 6.32. The van der Waals surface area contributed by atoms with Gasteiger partial charge < -0.3 is 25.3 Å². The summed E-state index contributed by atoms with van der Waals surface area (Å²) < 4.78 is 17.0. The number of hydrogen-bond acceptors (Lipinski definition) is 4. The van der Waals surface area contributed by atoms with E-state index >= 15 is 0 Å². The van der Waals surface area contributed by atoms with Crippen molar-refractivity contribution in [1.29, 1.82) is 0 Å². The monoisotopic (exact) mass is 557 g/mol. The molecule has 0 aliphatic carbocycles. The molecule has 1 fully saturated rings. The number of aliphatic imine (C=N–C) groups is 1. The van der Waals surface area contributed by atoms with Crippen molar-refractivity contribution in [1.82, 2.24) is 5.32 Å². The number of fused-ring (bicyclic) bond motifs is 1. The molecule has 168 valence electrons. The van der Waals surface area contributed by atoms with Crippen LogP contribution in [0.1, 0.15) is 36.4 Å². The van der Waals surface area contributed by atoms with E-state index < -0.39 is 0 Å². The van der Waals surface area contributed by atoms with Crippen LogP contribution in [0.15, 0.2) is 47.5 Å². The molecule has 0 amide bonds. The second-order valence-electron chi connectivity index (χ2n) is 7.81. The van der Waals surface area contributed by atoms with Crippen LogP contribution in [0.4, 0.5) is 0 Å². The number of benzene rings is 2. The number of nitrogens with one attached hydrogen (secondary N) is 1. The van der Waals surface area contributed by atoms with Gasteiger partial charge in [-0.3, -0.25) is 4.99 Å². The van der Waals surface area contributed by atoms with Crippen LogP contribution in [0.5, 0.6) is 11.5 Å². The topological polar surface area (TPSA) is 78.1 Å². The quantitative estimate of drug-likeness (QED) is 0.323. The second-order valence-corrected chi connectivity index (χ2v) is 8.25. The van der Waals surface area contributed by atoms with E-state index in [0.717, 1.165) is 41.9 Å². The molecule has 2 aromatic carbocycles. The van der Waals surface area contributed by atoms with Crippen LogP contribution in [0.2, 0.25) is 5.02 Å². The largest absolute Gasteiger partial charge is 0.496 e. The first kappa shape index (κ1) is 23.9. The summed E-state index contributed by atoms with van der Waals surface area (Å²) in [7, 11) is 1.68. The number of nitrogens with two attached hydrogens (primary N) is 1. The molecule has 2 aliphatic rings. The standard InChI is InChI=1S/C23H28ClN3O3.HI/c1-28-21-7-6-16(24)14-18(21)23(9-12-29-13-10-23)15-26-22(25)27-19-8-11-30-20-5-3-2-4-17(19)20;/h2-7,14,19H,8-13,15H2,1H3,(H3,25,26,27);1H. The van der Waals surface area contributed by atoms with E-state index in [1.165, 1.54) is 0 Å². The molecule has 2 aliphatic heterocycles. The van der Waals surface area contributed by atoms with E-state index in [2.05, 4.69) is 11.4 Å². The fourth-order valence-corrected chi connectivity index (χ4v) is 4.49. The lowest BCUT2D eigenvalue weighted by Gasteiger charge is -2.37. The van der Waals surface area contributed by atoms with E-state index in [0.29, 0.717) is 37.3 Å². The molecule has 1 saturated heterocycles. The molecule has 0 saturated carbocycles. The average molecular weight is 558 g/mol. The molecule has 3 N–H and O–H groups in total. The Labute approximate surface area is 205 Å². The second kappa shape index (κ2) is 10.7. The number of methoxy groups -OCH3 is 1. The molecule has 0 bridgehead atoms. The van der Waals surface area contributed by atoms with Crippen molar-refractivity contribution in [2.45, 2.75) is 30.7 Å². The van der Waals surface area contributed by atoms with Gasteiger partial charge in [-0.25, -0.2) is 0 Å². The van der Waals surface area contributed by atoms with Crippen LogP contribution in [0, 0.1) is 0 Å². The Bertz CT molecular complexity index is 919. The van der Waals surface area contributed by atoms with Crippen LogP contribution in [-0.4, -0.2) is 39.4 Å². The number of guanidine groups is 1. The molecule has 0 radical (unpaired) electrons. The van der Waals surface area contributed by atoms with Gasteiger partial charge in [-0.05, 0) is 37.1 Å². The first-order chi connectivity index (χ1) is 14.6. The maximum Gasteiger partial charge on any atom is 0.189 e. The number of para-hydroxylation sites is 1. The molecular weight excluding hydrogens is 529 g/mol. The highest BCUT2D eigenvalue weighted by Gasteiger charge is 2.37. The van der Waals surface area contributed by atoms with Crippen molar-refractivity contribution in [3.8, 4) is 11.5 Å². The predicted octanol–water partition coefficient (Wildman–Crippen LogP) is 4.44. The molecule has 8 heteroatoms. The highest BCUT2D eigenvalue weighted by atomic mass is 127. The van der Waals surface area contributed by atoms with Gasteiger partial charge in [0.2, 0.25) is 0 Å². The van der Waals surface area contributed by atoms with E-state index in [4.69, 9.17) is 36.5 Å². The van der Waals surface area contributed by atoms with Gasteiger partial charge in [0.15, 0.2) is 5.96 Å². The number of nitrogens with zero attached hydrogens (tertiary/aromatic N) is 1. The molecule has 2 heterocycles. The minimum atomic E-state index is -0.228. The summed E-state index contributed by atoms with van der Waals surface area (Å²) in [6.45, 7) is 2.54. The van der Waals surface area contributed by atoms with E-state index in [1.54, 1.807) is 7.11 Å². The summed E-state index contributed by atoms with van der Waals surface area (Å²) in [5.74, 6) is 2.16. The minimum Gasteiger partial charge on any atom is -0.496 e. The van der Waals surface area contributed by atoms with Gasteiger partial charge in [0, 0.05) is 41.2 Å². The summed E-state index contributed by atoms with van der Waals surface area (Å²) in [5.41, 5.74) is 8.27. The zero-order valence-electron chi connectivity index (χ0n) is 17.6. The summed E-state index contributed by atoms with van der Waals surface area (Å²) in [6, 6.07) is 13.9. The Balaban J connectivity index is 0.00000272. The van der Waals surface area contributed by atoms with E-state index in [-0.39, 0.29) is 35.4 Å². The molecular formula is C23H29ClIN3O3. The fraction of sp³-hybridized carbons (Fsp3) is 0.435. The molecule has 0 aromatic heterocycles. The first-order valence-electron chi connectivity index (χ1n) is 10.3. The summed E-state index contributed by atoms with van der Waals surface area (Å²) in [5, 5.41) is 4.07. The summed E-state index contributed by atoms with van der Waals surface area (Å²) in [4.78, 5) is 4.76. The van der Waals surface area contributed by atoms with Gasteiger partial charge in [0.25, 0.3) is 0 Å². The zero-order chi connectivity index (χ0) is 21.0. The van der Waals surface area contributed by atoms with E-state index in [1.807, 2.05) is 36.4 Å². The Hall–Kier alpha value is -1.71. The Morgan fingerprint density at radius 3 is 2.77 bits per heavy atom. The van der Waals surface area contributed by atoms with Crippen LogP contribution in [0.25, 0.3) is 0 Å². The SMILES string of the molecule is COc1ccc(Cl)cc1C1(CN=C(N)NC2CCOc3ccccc32)CCOCC1.I. The lowest BCUT2D eigenvalue weighted by Crippen LogP contribution is -2.41. The van der Waals surface area contributed by atoms with Gasteiger partial charge in [-0.1, -0.05) is 29.8 Å². The zero-order valence-corrected chi connectivity index (χ0v) is 20.7. The highest BCUT2D eigenvalue weighted by molar-refractivity contribution is 14.0. The molecule has 0 spiro atoms. The lowest BCUT2D eigenvalue weighted by atomic mass is 9.73. The maximum absolute atomic E-state index is 6.33. The molecule has 4 rings (SSSR count). The minimum absolute atomic E-state index is 0. The van der Waals surface area contributed by atoms with Crippen molar-refractivity contribution in [2.24, 2.45) is 10.7 Å². The average Bonchev–Trinajstić information content (AvgIpc) is 2.78. The molecule has 1 atom stereocenters. The van der Waals surface area contributed by atoms with Gasteiger partial charge >= 0.3 is 0 Å². The molecule has 31 heavy (non-hydrogen) atoms. The van der Waals surface area contributed by atoms with Gasteiger partial charge in [-0.15, -0.1) is 24.0 Å². The lowest BCUT2D eigenvalue weighted by molar-refractivity contribution is 0.0523. The Morgan fingerprint density at radius 1 is 1.23 bits per heavy atom. The predicted molar refractivity (Wildman–Crippen MR) is 134 cm³/mol. The van der Waals surface area contributed by atoms with Crippen molar-refractivity contribution in [3.05, 3.63) is 58.6 Å². The van der Waals surface area contributed by atoms with Crippen LogP contribution in [0.3, 0.4) is 0 Å². The van der Waals surface area contributed by atoms with Crippen molar-refractivity contribution < 1.29 is 14.2 Å². The summed E-state index contributed by atoms with van der Waals surface area (Å²) in [6.07, 6.45) is 2.51. The fourth-order valence-electron chi connectivity index (χ4n) is 4.32. The molecule has 6 nitrogen and oxygen atoms in total. The van der Waals surface area contributed by atoms with E-state index in [9.17, 15) is 0 Å². The number of hydrogen-bond donors (Lipinski definition) is 2. The van der Waals surface area contributed by atoms with Crippen molar-refractivity contribution in [3.63, 3.8) is 0 Å².